The summed E-state index contributed by atoms with van der Waals surface area (Å²) in [6.45, 7) is 4.34. The van der Waals surface area contributed by atoms with Crippen molar-refractivity contribution >= 4 is 33.4 Å². The minimum absolute atomic E-state index is 0.110. The lowest BCUT2D eigenvalue weighted by Gasteiger charge is -2.34. The third-order valence-electron chi connectivity index (χ3n) is 5.04. The van der Waals surface area contributed by atoms with Gasteiger partial charge in [0.05, 0.1) is 6.61 Å². The first-order chi connectivity index (χ1) is 12.5. The Morgan fingerprint density at radius 1 is 1.35 bits per heavy atom. The Bertz CT molecular complexity index is 781. The van der Waals surface area contributed by atoms with E-state index in [1.807, 2.05) is 31.2 Å². The smallest absolute Gasteiger partial charge is 0.315 e. The molecule has 0 fully saturated rings. The molecule has 26 heavy (non-hydrogen) atoms. The summed E-state index contributed by atoms with van der Waals surface area (Å²) in [5.74, 6) is -1.03. The summed E-state index contributed by atoms with van der Waals surface area (Å²) in [5, 5.41) is 0. The van der Waals surface area contributed by atoms with Gasteiger partial charge in [0.1, 0.15) is 5.92 Å². The largest absolute Gasteiger partial charge is 0.465 e. The zero-order valence-corrected chi connectivity index (χ0v) is 16.8. The SMILES string of the molecule is CCCCOC(=O)C1C(C)=NC2=C(C(=O)CCC2)[C@@H]1c1cccc(Br)c1. The van der Waals surface area contributed by atoms with Crippen molar-refractivity contribution in [1.29, 1.82) is 0 Å². The van der Waals surface area contributed by atoms with Crippen molar-refractivity contribution < 1.29 is 14.3 Å². The second-order valence-electron chi connectivity index (χ2n) is 6.92. The molecule has 1 unspecified atom stereocenters. The van der Waals surface area contributed by atoms with Crippen molar-refractivity contribution in [1.82, 2.24) is 0 Å². The maximum Gasteiger partial charge on any atom is 0.315 e. The number of allylic oxidation sites excluding steroid dienone is 2. The predicted molar refractivity (Wildman–Crippen MR) is 105 cm³/mol. The van der Waals surface area contributed by atoms with Gasteiger partial charge >= 0.3 is 5.97 Å². The molecule has 0 saturated carbocycles. The molecule has 1 aliphatic heterocycles. The van der Waals surface area contributed by atoms with E-state index in [-0.39, 0.29) is 17.7 Å². The fraction of sp³-hybridized carbons (Fsp3) is 0.476. The van der Waals surface area contributed by atoms with Crippen molar-refractivity contribution in [2.24, 2.45) is 10.9 Å². The van der Waals surface area contributed by atoms with Gasteiger partial charge in [0.15, 0.2) is 5.78 Å². The molecule has 0 spiro atoms. The van der Waals surface area contributed by atoms with Crippen LogP contribution in [0.4, 0.5) is 0 Å². The van der Waals surface area contributed by atoms with Crippen molar-refractivity contribution in [2.45, 2.75) is 51.9 Å². The molecule has 3 rings (SSSR count). The highest BCUT2D eigenvalue weighted by Crippen LogP contribution is 2.44. The highest BCUT2D eigenvalue weighted by atomic mass is 79.9. The molecule has 0 N–H and O–H groups in total. The van der Waals surface area contributed by atoms with E-state index in [1.54, 1.807) is 0 Å². The monoisotopic (exact) mass is 417 g/mol. The summed E-state index contributed by atoms with van der Waals surface area (Å²) < 4.78 is 6.45. The Morgan fingerprint density at radius 2 is 2.15 bits per heavy atom. The molecule has 1 aromatic rings. The number of ketones is 1. The van der Waals surface area contributed by atoms with Gasteiger partial charge in [0.2, 0.25) is 0 Å². The van der Waals surface area contributed by atoms with Crippen LogP contribution in [0, 0.1) is 5.92 Å². The van der Waals surface area contributed by atoms with Crippen LogP contribution in [0.15, 0.2) is 45.0 Å². The molecule has 138 valence electrons. The van der Waals surface area contributed by atoms with E-state index in [0.29, 0.717) is 18.6 Å². The van der Waals surface area contributed by atoms with Gasteiger partial charge in [-0.2, -0.15) is 0 Å². The summed E-state index contributed by atoms with van der Waals surface area (Å²) >= 11 is 3.51. The summed E-state index contributed by atoms with van der Waals surface area (Å²) in [6, 6.07) is 7.85. The lowest BCUT2D eigenvalue weighted by atomic mass is 9.72. The van der Waals surface area contributed by atoms with Crippen LogP contribution < -0.4 is 0 Å². The Balaban J connectivity index is 2.04. The highest BCUT2D eigenvalue weighted by Gasteiger charge is 2.43. The van der Waals surface area contributed by atoms with Crippen molar-refractivity contribution in [3.05, 3.63) is 45.6 Å². The maximum absolute atomic E-state index is 12.9. The molecule has 0 amide bonds. The van der Waals surface area contributed by atoms with E-state index in [4.69, 9.17) is 4.74 Å². The number of halogens is 1. The number of esters is 1. The van der Waals surface area contributed by atoms with Crippen LogP contribution in [0.1, 0.15) is 57.4 Å². The number of hydrogen-bond acceptors (Lipinski definition) is 4. The molecular weight excluding hydrogens is 394 g/mol. The summed E-state index contributed by atoms with van der Waals surface area (Å²) in [6.07, 6.45) is 3.94. The van der Waals surface area contributed by atoms with Crippen LogP contribution in [0.2, 0.25) is 0 Å². The molecule has 0 aromatic heterocycles. The van der Waals surface area contributed by atoms with Gasteiger partial charge in [0.25, 0.3) is 0 Å². The molecule has 1 aromatic carbocycles. The first kappa shape index (κ1) is 19.0. The zero-order valence-electron chi connectivity index (χ0n) is 15.3. The Kier molecular flexibility index (Phi) is 6.07. The van der Waals surface area contributed by atoms with E-state index in [9.17, 15) is 9.59 Å². The molecule has 5 heteroatoms. The van der Waals surface area contributed by atoms with Crippen molar-refractivity contribution in [2.75, 3.05) is 6.61 Å². The quantitative estimate of drug-likeness (QED) is 0.501. The Hall–Kier alpha value is -1.75. The standard InChI is InChI=1S/C21H24BrNO3/c1-3-4-11-26-21(25)18-13(2)23-16-9-6-10-17(24)20(16)19(18)14-7-5-8-15(22)12-14/h5,7-8,12,18-19H,3-4,6,9-11H2,1-2H3/t18?,19-/m1/s1. The number of carbonyl (C=O) groups excluding carboxylic acids is 2. The molecule has 0 saturated heterocycles. The van der Waals surface area contributed by atoms with E-state index in [1.165, 1.54) is 0 Å². The van der Waals surface area contributed by atoms with Gasteiger partial charge in [0, 0.05) is 33.8 Å². The number of ether oxygens (including phenoxy) is 1. The molecule has 0 radical (unpaired) electrons. The lowest BCUT2D eigenvalue weighted by molar-refractivity contribution is -0.146. The molecule has 4 nitrogen and oxygen atoms in total. The van der Waals surface area contributed by atoms with E-state index < -0.39 is 5.92 Å². The van der Waals surface area contributed by atoms with Gasteiger partial charge in [-0.1, -0.05) is 41.4 Å². The van der Waals surface area contributed by atoms with Gasteiger partial charge in [-0.05, 0) is 43.9 Å². The number of benzene rings is 1. The van der Waals surface area contributed by atoms with E-state index in [0.717, 1.165) is 47.1 Å². The Morgan fingerprint density at radius 3 is 2.88 bits per heavy atom. The van der Waals surface area contributed by atoms with Crippen LogP contribution in [-0.4, -0.2) is 24.1 Å². The number of rotatable bonds is 5. The van der Waals surface area contributed by atoms with Crippen LogP contribution in [0.5, 0.6) is 0 Å². The molecule has 1 aliphatic carbocycles. The number of nitrogens with zero attached hydrogens (tertiary/aromatic N) is 1. The zero-order chi connectivity index (χ0) is 18.7. The molecule has 2 aliphatic rings. The molecular formula is C21H24BrNO3. The third-order valence-corrected chi connectivity index (χ3v) is 5.53. The maximum atomic E-state index is 12.9. The van der Waals surface area contributed by atoms with Gasteiger partial charge < -0.3 is 4.74 Å². The van der Waals surface area contributed by atoms with Gasteiger partial charge in [-0.3, -0.25) is 14.6 Å². The number of carbonyl (C=O) groups is 2. The van der Waals surface area contributed by atoms with Gasteiger partial charge in [-0.15, -0.1) is 0 Å². The van der Waals surface area contributed by atoms with Crippen LogP contribution in [0.25, 0.3) is 0 Å². The summed E-state index contributed by atoms with van der Waals surface area (Å²) in [5.41, 5.74) is 3.25. The van der Waals surface area contributed by atoms with Crippen LogP contribution in [0.3, 0.4) is 0 Å². The highest BCUT2D eigenvalue weighted by molar-refractivity contribution is 9.10. The number of hydrogen-bond donors (Lipinski definition) is 0. The molecule has 1 heterocycles. The average Bonchev–Trinajstić information content (AvgIpc) is 2.61. The normalized spacial score (nSPS) is 22.7. The molecule has 0 bridgehead atoms. The van der Waals surface area contributed by atoms with E-state index in [2.05, 4.69) is 27.8 Å². The second kappa shape index (κ2) is 8.30. The predicted octanol–water partition coefficient (Wildman–Crippen LogP) is 4.97. The number of Topliss-reactive ketones (excluding diaryl/α,β-unsaturated/α-hetero) is 1. The topological polar surface area (TPSA) is 55.7 Å². The van der Waals surface area contributed by atoms with Crippen molar-refractivity contribution in [3.8, 4) is 0 Å². The third kappa shape index (κ3) is 3.83. The average molecular weight is 418 g/mol. The summed E-state index contributed by atoms with van der Waals surface area (Å²) in [4.78, 5) is 30.3. The lowest BCUT2D eigenvalue weighted by Crippen LogP contribution is -2.37. The minimum Gasteiger partial charge on any atom is -0.465 e. The number of aliphatic imine (C=N–C) groups is 1. The van der Waals surface area contributed by atoms with Crippen LogP contribution >= 0.6 is 15.9 Å². The Labute approximate surface area is 162 Å². The van der Waals surface area contributed by atoms with Gasteiger partial charge in [-0.25, -0.2) is 0 Å². The fourth-order valence-corrected chi connectivity index (χ4v) is 4.20. The molecule has 2 atom stereocenters. The van der Waals surface area contributed by atoms with Crippen molar-refractivity contribution in [3.63, 3.8) is 0 Å². The second-order valence-corrected chi connectivity index (χ2v) is 7.84. The first-order valence-corrected chi connectivity index (χ1v) is 10.1. The van der Waals surface area contributed by atoms with Crippen LogP contribution in [-0.2, 0) is 14.3 Å². The summed E-state index contributed by atoms with van der Waals surface area (Å²) in [7, 11) is 0. The number of unbranched alkanes of at least 4 members (excludes halogenated alkanes) is 1. The first-order valence-electron chi connectivity index (χ1n) is 9.26. The minimum atomic E-state index is -0.540. The van der Waals surface area contributed by atoms with E-state index >= 15 is 0 Å². The fourth-order valence-electron chi connectivity index (χ4n) is 3.78.